The van der Waals surface area contributed by atoms with E-state index in [1.165, 1.54) is 82.1 Å². The Balaban J connectivity index is 0.000000190. The molecule has 0 bridgehead atoms. The van der Waals surface area contributed by atoms with Gasteiger partial charge in [-0.25, -0.2) is 0 Å². The second-order valence-electron chi connectivity index (χ2n) is 28.7. The number of aromatic amines is 1. The van der Waals surface area contributed by atoms with Crippen LogP contribution in [0.15, 0.2) is 201 Å². The van der Waals surface area contributed by atoms with Crippen LogP contribution >= 0.6 is 0 Å². The number of aromatic nitrogens is 6. The Morgan fingerprint density at radius 1 is 0.356 bits per heavy atom. The fourth-order valence-corrected chi connectivity index (χ4v) is 10.3. The number of pyridine rings is 5. The van der Waals surface area contributed by atoms with Crippen molar-refractivity contribution in [2.45, 2.75) is 186 Å². The van der Waals surface area contributed by atoms with Crippen LogP contribution in [-0.4, -0.2) is 29.9 Å². The average molecular weight is 1160 g/mol. The van der Waals surface area contributed by atoms with Crippen LogP contribution in [-0.2, 0) is 32.5 Å². The van der Waals surface area contributed by atoms with Crippen molar-refractivity contribution in [3.63, 3.8) is 0 Å². The SMILES string of the molecule is C.C.CC(C)(C)c1ccc2[nH]ccc2c1.CC(C)(C)c1ccc2ccccc2n1.CC(C)(C)c1cccc2cccnc12.CC(C)(C)c1nccc2ccccc12.Cc1cc(C(C)(C)C)c2ccncc2c1.Cc1ccc2cccc(C(C)(C)C)c2n1. The number of rotatable bonds is 0. The number of para-hydroxylation sites is 3. The zero-order valence-corrected chi connectivity index (χ0v) is 54.8. The van der Waals surface area contributed by atoms with Gasteiger partial charge in [0, 0.05) is 85.6 Å². The fourth-order valence-electron chi connectivity index (χ4n) is 10.3. The van der Waals surface area contributed by atoms with Crippen molar-refractivity contribution in [3.8, 4) is 0 Å². The summed E-state index contributed by atoms with van der Waals surface area (Å²) in [5.41, 5.74) is 15.7. The van der Waals surface area contributed by atoms with Crippen LogP contribution in [0.25, 0.3) is 65.2 Å². The summed E-state index contributed by atoms with van der Waals surface area (Å²) < 4.78 is 0. The minimum absolute atomic E-state index is 0. The Labute approximate surface area is 523 Å². The minimum Gasteiger partial charge on any atom is -0.361 e. The van der Waals surface area contributed by atoms with E-state index in [4.69, 9.17) is 0 Å². The molecule has 12 rings (SSSR count). The Morgan fingerprint density at radius 3 is 1.57 bits per heavy atom. The van der Waals surface area contributed by atoms with Crippen molar-refractivity contribution in [3.05, 3.63) is 246 Å². The Bertz CT molecular complexity index is 4050. The zero-order valence-electron chi connectivity index (χ0n) is 54.8. The Morgan fingerprint density at radius 2 is 0.943 bits per heavy atom. The molecule has 6 aromatic carbocycles. The van der Waals surface area contributed by atoms with Gasteiger partial charge in [0.05, 0.1) is 22.2 Å². The van der Waals surface area contributed by atoms with Gasteiger partial charge in [-0.2, -0.15) is 0 Å². The molecule has 0 spiro atoms. The molecule has 6 aromatic heterocycles. The highest BCUT2D eigenvalue weighted by atomic mass is 14.7. The zero-order chi connectivity index (χ0) is 62.1. The van der Waals surface area contributed by atoms with E-state index in [1.807, 2.05) is 56.1 Å². The number of nitrogens with one attached hydrogen (secondary N) is 1. The van der Waals surface area contributed by atoms with Crippen LogP contribution < -0.4 is 0 Å². The summed E-state index contributed by atoms with van der Waals surface area (Å²) >= 11 is 0. The average Bonchev–Trinajstić information content (AvgIpc) is 2.77. The van der Waals surface area contributed by atoms with E-state index in [2.05, 4.69) is 313 Å². The lowest BCUT2D eigenvalue weighted by molar-refractivity contribution is 0.571. The molecule has 0 radical (unpaired) electrons. The van der Waals surface area contributed by atoms with Crippen molar-refractivity contribution >= 4 is 65.2 Å². The van der Waals surface area contributed by atoms with Gasteiger partial charge in [0.2, 0.25) is 0 Å². The molecule has 87 heavy (non-hydrogen) atoms. The topological polar surface area (TPSA) is 80.2 Å². The largest absolute Gasteiger partial charge is 0.361 e. The standard InChI is InChI=1S/2C14H17N.3C13H15N.C12H15N.2CH4/c1-10-7-11-9-15-6-5-12(11)13(8-10)14(2,3)4;1-10-8-9-11-6-5-7-12(13(11)15-10)14(2,3)4;1-13(2,3)11-8-4-6-10-7-5-9-14-12(10)11;1-13(2,3)12-11-7-5-4-6-10(11)8-9-14-12;1-13(2,3)12-9-8-10-6-4-5-7-11(10)14-12;1-12(2,3)10-4-5-11-9(8-10)6-7-13-11;;/h2*5-9H,1-4H3;3*4-9H,1-3H3;4-8,13H,1-3H3;2*1H4. The Hall–Kier alpha value is -8.09. The molecule has 6 heterocycles. The van der Waals surface area contributed by atoms with Gasteiger partial charge < -0.3 is 4.98 Å². The lowest BCUT2D eigenvalue weighted by atomic mass is 9.83. The lowest BCUT2D eigenvalue weighted by Crippen LogP contribution is -2.13. The third kappa shape index (κ3) is 18.7. The van der Waals surface area contributed by atoms with Gasteiger partial charge >= 0.3 is 0 Å². The van der Waals surface area contributed by atoms with Crippen LogP contribution in [0.4, 0.5) is 0 Å². The highest BCUT2D eigenvalue weighted by molar-refractivity contribution is 5.88. The summed E-state index contributed by atoms with van der Waals surface area (Å²) in [6.07, 6.45) is 9.54. The third-order valence-corrected chi connectivity index (χ3v) is 15.0. The quantitative estimate of drug-likeness (QED) is 0.164. The molecular formula is C81H102N6. The van der Waals surface area contributed by atoms with Gasteiger partial charge in [0.25, 0.3) is 0 Å². The fraction of sp³-hybridized carbons (Fsp3) is 0.346. The maximum absolute atomic E-state index is 4.65. The molecule has 0 saturated carbocycles. The van der Waals surface area contributed by atoms with E-state index in [-0.39, 0.29) is 47.3 Å². The molecule has 6 nitrogen and oxygen atoms in total. The second kappa shape index (κ2) is 28.6. The van der Waals surface area contributed by atoms with Crippen LogP contribution in [0.5, 0.6) is 0 Å². The van der Waals surface area contributed by atoms with Gasteiger partial charge in [-0.15, -0.1) is 0 Å². The number of hydrogen-bond donors (Lipinski definition) is 1. The summed E-state index contributed by atoms with van der Waals surface area (Å²) in [7, 11) is 0. The van der Waals surface area contributed by atoms with E-state index in [0.717, 1.165) is 27.9 Å². The first kappa shape index (κ1) is 69.7. The van der Waals surface area contributed by atoms with Gasteiger partial charge in [-0.05, 0) is 135 Å². The number of nitrogens with zero attached hydrogens (tertiary/aromatic N) is 5. The lowest BCUT2D eigenvalue weighted by Gasteiger charge is -2.22. The van der Waals surface area contributed by atoms with E-state index in [0.29, 0.717) is 0 Å². The van der Waals surface area contributed by atoms with Crippen molar-refractivity contribution < 1.29 is 0 Å². The maximum atomic E-state index is 4.65. The van der Waals surface area contributed by atoms with E-state index < -0.39 is 0 Å². The van der Waals surface area contributed by atoms with Gasteiger partial charge in [-0.1, -0.05) is 254 Å². The van der Waals surface area contributed by atoms with Crippen molar-refractivity contribution in [2.24, 2.45) is 0 Å². The molecule has 0 aliphatic rings. The third-order valence-electron chi connectivity index (χ3n) is 15.0. The maximum Gasteiger partial charge on any atom is 0.0742 e. The highest BCUT2D eigenvalue weighted by Gasteiger charge is 2.21. The molecular weight excluding hydrogens is 1060 g/mol. The molecule has 456 valence electrons. The molecule has 1 N–H and O–H groups in total. The normalized spacial score (nSPS) is 11.7. The Kier molecular flexibility index (Phi) is 22.9. The number of hydrogen-bond acceptors (Lipinski definition) is 5. The first-order valence-corrected chi connectivity index (χ1v) is 30.1. The molecule has 0 aliphatic heterocycles. The van der Waals surface area contributed by atoms with Gasteiger partial charge in [-0.3, -0.25) is 24.9 Å². The summed E-state index contributed by atoms with van der Waals surface area (Å²) in [4.78, 5) is 25.6. The monoisotopic (exact) mass is 1160 g/mol. The molecule has 0 amide bonds. The molecule has 0 unspecified atom stereocenters. The van der Waals surface area contributed by atoms with Crippen LogP contribution in [0.1, 0.15) is 184 Å². The van der Waals surface area contributed by atoms with Gasteiger partial charge in [0.1, 0.15) is 0 Å². The number of aryl methyl sites for hydroxylation is 2. The smallest absolute Gasteiger partial charge is 0.0742 e. The highest BCUT2D eigenvalue weighted by Crippen LogP contribution is 2.33. The van der Waals surface area contributed by atoms with Crippen molar-refractivity contribution in [2.75, 3.05) is 0 Å². The molecule has 0 saturated heterocycles. The molecule has 0 atom stereocenters. The minimum atomic E-state index is 0. The van der Waals surface area contributed by atoms with E-state index in [1.54, 1.807) is 0 Å². The van der Waals surface area contributed by atoms with Gasteiger partial charge in [0.15, 0.2) is 0 Å². The molecule has 6 heteroatoms. The first-order chi connectivity index (χ1) is 39.8. The number of benzene rings is 6. The number of fused-ring (bicyclic) bond motifs is 6. The van der Waals surface area contributed by atoms with Crippen LogP contribution in [0.2, 0.25) is 0 Å². The summed E-state index contributed by atoms with van der Waals surface area (Å²) in [6, 6.07) is 59.3. The summed E-state index contributed by atoms with van der Waals surface area (Å²) in [5.74, 6) is 0. The summed E-state index contributed by atoms with van der Waals surface area (Å²) in [6.45, 7) is 44.1. The van der Waals surface area contributed by atoms with Crippen molar-refractivity contribution in [1.82, 2.24) is 29.9 Å². The van der Waals surface area contributed by atoms with E-state index in [9.17, 15) is 0 Å². The number of H-pyrrole nitrogens is 1. The first-order valence-electron chi connectivity index (χ1n) is 30.1. The molecule has 12 aromatic rings. The van der Waals surface area contributed by atoms with Crippen LogP contribution in [0.3, 0.4) is 0 Å². The molecule has 0 fully saturated rings. The summed E-state index contributed by atoms with van der Waals surface area (Å²) in [5, 5.41) is 10.1. The second-order valence-corrected chi connectivity index (χ2v) is 28.7. The van der Waals surface area contributed by atoms with Crippen molar-refractivity contribution in [1.29, 1.82) is 0 Å². The molecule has 0 aliphatic carbocycles. The predicted molar refractivity (Wildman–Crippen MR) is 382 cm³/mol. The van der Waals surface area contributed by atoms with Crippen LogP contribution in [0, 0.1) is 13.8 Å². The predicted octanol–water partition coefficient (Wildman–Crippen LogP) is 23.0. The van der Waals surface area contributed by atoms with E-state index >= 15 is 0 Å².